The number of hydrogen-bond acceptors (Lipinski definition) is 3. The summed E-state index contributed by atoms with van der Waals surface area (Å²) in [6, 6.07) is 9.56. The Morgan fingerprint density at radius 2 is 2.12 bits per heavy atom. The summed E-state index contributed by atoms with van der Waals surface area (Å²) in [5.41, 5.74) is 0. The molecule has 1 aromatic heterocycles. The molecule has 0 atom stereocenters. The summed E-state index contributed by atoms with van der Waals surface area (Å²) in [7, 11) is 0. The Labute approximate surface area is 111 Å². The van der Waals surface area contributed by atoms with Gasteiger partial charge < -0.3 is 5.32 Å². The van der Waals surface area contributed by atoms with Gasteiger partial charge in [-0.25, -0.2) is 0 Å². The maximum atomic E-state index is 11.6. The van der Waals surface area contributed by atoms with Gasteiger partial charge in [0.15, 0.2) is 0 Å². The Bertz CT molecular complexity index is 484. The van der Waals surface area contributed by atoms with E-state index >= 15 is 0 Å². The third kappa shape index (κ3) is 3.90. The van der Waals surface area contributed by atoms with E-state index in [4.69, 9.17) is 0 Å². The first kappa shape index (κ1) is 12.2. The van der Waals surface area contributed by atoms with Crippen molar-refractivity contribution < 1.29 is 4.79 Å². The van der Waals surface area contributed by atoms with Crippen LogP contribution in [-0.2, 0) is 4.79 Å². The predicted octanol–water partition coefficient (Wildman–Crippen LogP) is 2.90. The standard InChI is InChI=1S/C11H10BrN3OS/c12-8-1-3-9(4-2-8)17-7-11(16)14-10-5-6-13-15-10/h1-6H,7H2,(H2,13,14,15,16). The summed E-state index contributed by atoms with van der Waals surface area (Å²) in [5.74, 6) is 0.939. The summed E-state index contributed by atoms with van der Waals surface area (Å²) in [5, 5.41) is 9.14. The molecule has 0 saturated carbocycles. The number of aromatic amines is 1. The third-order valence-corrected chi connectivity index (χ3v) is 3.50. The summed E-state index contributed by atoms with van der Waals surface area (Å²) in [4.78, 5) is 12.6. The van der Waals surface area contributed by atoms with Gasteiger partial charge in [0.2, 0.25) is 5.91 Å². The molecule has 0 radical (unpaired) electrons. The van der Waals surface area contributed by atoms with Gasteiger partial charge in [0.05, 0.1) is 11.9 Å². The van der Waals surface area contributed by atoms with Crippen molar-refractivity contribution in [2.45, 2.75) is 4.90 Å². The largest absolute Gasteiger partial charge is 0.310 e. The van der Waals surface area contributed by atoms with Crippen LogP contribution in [0, 0.1) is 0 Å². The summed E-state index contributed by atoms with van der Waals surface area (Å²) >= 11 is 4.86. The molecule has 0 unspecified atom stereocenters. The number of nitrogens with zero attached hydrogens (tertiary/aromatic N) is 1. The van der Waals surface area contributed by atoms with Gasteiger partial charge in [0, 0.05) is 15.4 Å². The van der Waals surface area contributed by atoms with Crippen LogP contribution in [0.25, 0.3) is 0 Å². The Morgan fingerprint density at radius 1 is 1.35 bits per heavy atom. The van der Waals surface area contributed by atoms with Crippen LogP contribution in [-0.4, -0.2) is 21.9 Å². The lowest BCUT2D eigenvalue weighted by Crippen LogP contribution is -2.14. The van der Waals surface area contributed by atoms with Crippen LogP contribution in [0.2, 0.25) is 0 Å². The first-order valence-corrected chi connectivity index (χ1v) is 6.69. The Balaban J connectivity index is 1.82. The van der Waals surface area contributed by atoms with E-state index in [2.05, 4.69) is 31.4 Å². The predicted molar refractivity (Wildman–Crippen MR) is 72.1 cm³/mol. The van der Waals surface area contributed by atoms with Gasteiger partial charge in [-0.15, -0.1) is 11.8 Å². The van der Waals surface area contributed by atoms with Crippen molar-refractivity contribution in [3.8, 4) is 0 Å². The molecule has 2 rings (SSSR count). The second-order valence-electron chi connectivity index (χ2n) is 3.26. The second-order valence-corrected chi connectivity index (χ2v) is 5.23. The number of thioether (sulfide) groups is 1. The number of nitrogens with one attached hydrogen (secondary N) is 2. The molecule has 0 saturated heterocycles. The zero-order valence-corrected chi connectivity index (χ0v) is 11.2. The number of aromatic nitrogens is 2. The number of anilines is 1. The summed E-state index contributed by atoms with van der Waals surface area (Å²) in [6.45, 7) is 0. The fraction of sp³-hybridized carbons (Fsp3) is 0.0909. The molecule has 2 aromatic rings. The summed E-state index contributed by atoms with van der Waals surface area (Å²) in [6.07, 6.45) is 1.59. The van der Waals surface area contributed by atoms with Gasteiger partial charge in [-0.3, -0.25) is 9.89 Å². The highest BCUT2D eigenvalue weighted by molar-refractivity contribution is 9.10. The first-order valence-electron chi connectivity index (χ1n) is 4.91. The van der Waals surface area contributed by atoms with Gasteiger partial charge in [0.1, 0.15) is 5.82 Å². The van der Waals surface area contributed by atoms with Crippen molar-refractivity contribution in [2.24, 2.45) is 0 Å². The number of carbonyl (C=O) groups is 1. The number of H-pyrrole nitrogens is 1. The fourth-order valence-electron chi connectivity index (χ4n) is 1.19. The maximum Gasteiger partial charge on any atom is 0.235 e. The molecule has 0 bridgehead atoms. The molecule has 0 fully saturated rings. The number of amides is 1. The van der Waals surface area contributed by atoms with Crippen molar-refractivity contribution in [3.63, 3.8) is 0 Å². The highest BCUT2D eigenvalue weighted by atomic mass is 79.9. The zero-order chi connectivity index (χ0) is 12.1. The highest BCUT2D eigenvalue weighted by Crippen LogP contribution is 2.20. The number of rotatable bonds is 4. The third-order valence-electron chi connectivity index (χ3n) is 1.96. The van der Waals surface area contributed by atoms with Crippen LogP contribution in [0.15, 0.2) is 45.9 Å². The van der Waals surface area contributed by atoms with Crippen LogP contribution in [0.4, 0.5) is 5.82 Å². The van der Waals surface area contributed by atoms with Gasteiger partial charge >= 0.3 is 0 Å². The Kier molecular flexibility index (Phi) is 4.22. The van der Waals surface area contributed by atoms with Gasteiger partial charge in [-0.05, 0) is 24.3 Å². The average molecular weight is 312 g/mol. The van der Waals surface area contributed by atoms with Crippen molar-refractivity contribution in [1.82, 2.24) is 10.2 Å². The van der Waals surface area contributed by atoms with Gasteiger partial charge in [-0.1, -0.05) is 15.9 Å². The van der Waals surface area contributed by atoms with E-state index in [1.165, 1.54) is 11.8 Å². The molecule has 88 valence electrons. The molecule has 0 aliphatic rings. The van der Waals surface area contributed by atoms with E-state index in [1.807, 2.05) is 24.3 Å². The SMILES string of the molecule is O=C(CSc1ccc(Br)cc1)Nc1ccn[nH]1. The molecule has 0 aliphatic carbocycles. The van der Waals surface area contributed by atoms with Crippen molar-refractivity contribution in [2.75, 3.05) is 11.1 Å². The van der Waals surface area contributed by atoms with Crippen LogP contribution in [0.3, 0.4) is 0 Å². The number of carbonyl (C=O) groups excluding carboxylic acids is 1. The monoisotopic (exact) mass is 311 g/mol. The average Bonchev–Trinajstić information content (AvgIpc) is 2.81. The van der Waals surface area contributed by atoms with E-state index in [9.17, 15) is 4.79 Å². The maximum absolute atomic E-state index is 11.6. The highest BCUT2D eigenvalue weighted by Gasteiger charge is 2.04. The molecule has 1 aromatic carbocycles. The van der Waals surface area contributed by atoms with Crippen LogP contribution in [0.5, 0.6) is 0 Å². The van der Waals surface area contributed by atoms with E-state index < -0.39 is 0 Å². The molecule has 1 heterocycles. The van der Waals surface area contributed by atoms with E-state index in [-0.39, 0.29) is 5.91 Å². The Hall–Kier alpha value is -1.27. The smallest absolute Gasteiger partial charge is 0.235 e. The van der Waals surface area contributed by atoms with Gasteiger partial charge in [-0.2, -0.15) is 5.10 Å². The quantitative estimate of drug-likeness (QED) is 0.854. The fourth-order valence-corrected chi connectivity index (χ4v) is 2.15. The molecular formula is C11H10BrN3OS. The van der Waals surface area contributed by atoms with Crippen LogP contribution in [0.1, 0.15) is 0 Å². The topological polar surface area (TPSA) is 57.8 Å². The minimum absolute atomic E-state index is 0.0535. The first-order chi connectivity index (χ1) is 8.24. The zero-order valence-electron chi connectivity index (χ0n) is 8.81. The second kappa shape index (κ2) is 5.88. The van der Waals surface area contributed by atoms with Gasteiger partial charge in [0.25, 0.3) is 0 Å². The molecule has 6 heteroatoms. The lowest BCUT2D eigenvalue weighted by atomic mass is 10.4. The lowest BCUT2D eigenvalue weighted by molar-refractivity contribution is -0.113. The molecule has 2 N–H and O–H groups in total. The molecule has 0 spiro atoms. The number of benzene rings is 1. The minimum Gasteiger partial charge on any atom is -0.310 e. The summed E-state index contributed by atoms with van der Waals surface area (Å²) < 4.78 is 1.03. The molecular weight excluding hydrogens is 302 g/mol. The number of hydrogen-bond donors (Lipinski definition) is 2. The molecule has 17 heavy (non-hydrogen) atoms. The molecule has 1 amide bonds. The van der Waals surface area contributed by atoms with Crippen LogP contribution >= 0.6 is 27.7 Å². The lowest BCUT2D eigenvalue weighted by Gasteiger charge is -2.02. The van der Waals surface area contributed by atoms with E-state index in [1.54, 1.807) is 12.3 Å². The van der Waals surface area contributed by atoms with Crippen molar-refractivity contribution in [1.29, 1.82) is 0 Å². The molecule has 4 nitrogen and oxygen atoms in total. The minimum atomic E-state index is -0.0535. The Morgan fingerprint density at radius 3 is 2.76 bits per heavy atom. The van der Waals surface area contributed by atoms with E-state index in [0.29, 0.717) is 11.6 Å². The number of halogens is 1. The normalized spacial score (nSPS) is 10.2. The van der Waals surface area contributed by atoms with Crippen molar-refractivity contribution >= 4 is 39.4 Å². The van der Waals surface area contributed by atoms with Crippen molar-refractivity contribution in [3.05, 3.63) is 41.0 Å². The van der Waals surface area contributed by atoms with E-state index in [0.717, 1.165) is 9.37 Å². The van der Waals surface area contributed by atoms with Crippen LogP contribution < -0.4 is 5.32 Å². The molecule has 0 aliphatic heterocycles.